The van der Waals surface area contributed by atoms with Gasteiger partial charge in [-0.2, -0.15) is 0 Å². The van der Waals surface area contributed by atoms with Gasteiger partial charge in [0.05, 0.1) is 5.56 Å². The fraction of sp³-hybridized carbons (Fsp3) is 0.222. The predicted molar refractivity (Wildman–Crippen MR) is 125 cm³/mol. The molecule has 0 amide bonds. The number of halogens is 1. The highest BCUT2D eigenvalue weighted by Crippen LogP contribution is 2.22. The molecule has 3 aromatic rings. The minimum atomic E-state index is -0.343. The summed E-state index contributed by atoms with van der Waals surface area (Å²) in [5, 5.41) is 0. The quantitative estimate of drug-likeness (QED) is 0.289. The van der Waals surface area contributed by atoms with E-state index in [9.17, 15) is 4.79 Å². The van der Waals surface area contributed by atoms with Gasteiger partial charge in [0.1, 0.15) is 6.10 Å². The highest BCUT2D eigenvalue weighted by atomic mass is 79.9. The minimum absolute atomic E-state index is 0.324. The van der Waals surface area contributed by atoms with Crippen LogP contribution < -0.4 is 0 Å². The van der Waals surface area contributed by atoms with Gasteiger partial charge in [-0.3, -0.25) is 0 Å². The zero-order valence-electron chi connectivity index (χ0n) is 17.3. The third-order valence-corrected chi connectivity index (χ3v) is 5.34. The molecule has 0 unspecified atom stereocenters. The van der Waals surface area contributed by atoms with Crippen molar-refractivity contribution in [2.24, 2.45) is 0 Å². The molecule has 0 aromatic heterocycles. The molecule has 2 nitrogen and oxygen atoms in total. The van der Waals surface area contributed by atoms with Crippen molar-refractivity contribution in [1.29, 1.82) is 0 Å². The van der Waals surface area contributed by atoms with E-state index >= 15 is 0 Å². The molecule has 0 aliphatic carbocycles. The number of carbonyl (C=O) groups excluding carboxylic acids is 1. The summed E-state index contributed by atoms with van der Waals surface area (Å²) < 4.78 is 6.55. The lowest BCUT2D eigenvalue weighted by Crippen LogP contribution is -2.09. The Labute approximate surface area is 187 Å². The average Bonchev–Trinajstić information content (AvgIpc) is 2.77. The minimum Gasteiger partial charge on any atom is -0.454 e. The Hall–Kier alpha value is -2.83. The van der Waals surface area contributed by atoms with Crippen LogP contribution in [0.3, 0.4) is 0 Å². The van der Waals surface area contributed by atoms with Crippen molar-refractivity contribution in [3.63, 3.8) is 0 Å². The number of ether oxygens (including phenoxy) is 1. The van der Waals surface area contributed by atoms with E-state index in [1.807, 2.05) is 43.3 Å². The summed E-state index contributed by atoms with van der Waals surface area (Å²) in [7, 11) is 0. The molecule has 0 N–H and O–H groups in total. The SMILES string of the molecule is CCCCc1ccc(C#Cc2ccc(C(=O)O[C@@H](C)c3cccc(Br)c3)cc2)cc1. The highest BCUT2D eigenvalue weighted by molar-refractivity contribution is 9.10. The van der Waals surface area contributed by atoms with E-state index < -0.39 is 0 Å². The van der Waals surface area contributed by atoms with Gasteiger partial charge < -0.3 is 4.74 Å². The molecule has 3 heteroatoms. The summed E-state index contributed by atoms with van der Waals surface area (Å²) in [6, 6.07) is 23.4. The maximum atomic E-state index is 12.4. The van der Waals surface area contributed by atoms with Gasteiger partial charge in [0, 0.05) is 15.6 Å². The smallest absolute Gasteiger partial charge is 0.338 e. The number of aryl methyl sites for hydroxylation is 1. The number of unbranched alkanes of at least 4 members (excludes halogenated alkanes) is 1. The van der Waals surface area contributed by atoms with Gasteiger partial charge in [-0.15, -0.1) is 0 Å². The van der Waals surface area contributed by atoms with Crippen molar-refractivity contribution in [3.8, 4) is 11.8 Å². The van der Waals surface area contributed by atoms with E-state index in [1.165, 1.54) is 18.4 Å². The third-order valence-electron chi connectivity index (χ3n) is 4.85. The molecule has 0 aliphatic rings. The normalized spacial score (nSPS) is 11.3. The van der Waals surface area contributed by atoms with Crippen molar-refractivity contribution < 1.29 is 9.53 Å². The maximum absolute atomic E-state index is 12.4. The fourth-order valence-electron chi connectivity index (χ4n) is 3.03. The number of benzene rings is 3. The van der Waals surface area contributed by atoms with Gasteiger partial charge in [-0.25, -0.2) is 4.79 Å². The Morgan fingerprint density at radius 3 is 2.20 bits per heavy atom. The monoisotopic (exact) mass is 460 g/mol. The zero-order chi connectivity index (χ0) is 21.3. The number of hydrogen-bond acceptors (Lipinski definition) is 2. The van der Waals surface area contributed by atoms with Crippen molar-refractivity contribution in [2.75, 3.05) is 0 Å². The van der Waals surface area contributed by atoms with Crippen LogP contribution in [0.2, 0.25) is 0 Å². The fourth-order valence-corrected chi connectivity index (χ4v) is 3.44. The molecule has 0 spiro atoms. The summed E-state index contributed by atoms with van der Waals surface area (Å²) in [6.45, 7) is 4.07. The maximum Gasteiger partial charge on any atom is 0.338 e. The van der Waals surface area contributed by atoms with Gasteiger partial charge in [0.15, 0.2) is 0 Å². The number of carbonyl (C=O) groups is 1. The Balaban J connectivity index is 1.61. The van der Waals surface area contributed by atoms with Crippen LogP contribution in [-0.2, 0) is 11.2 Å². The topological polar surface area (TPSA) is 26.3 Å². The third kappa shape index (κ3) is 6.34. The molecule has 3 aromatic carbocycles. The van der Waals surface area contributed by atoms with Gasteiger partial charge >= 0.3 is 5.97 Å². The molecule has 0 aliphatic heterocycles. The summed E-state index contributed by atoms with van der Waals surface area (Å²) in [5.74, 6) is 5.99. The Morgan fingerprint density at radius 2 is 1.60 bits per heavy atom. The first-order valence-electron chi connectivity index (χ1n) is 10.2. The lowest BCUT2D eigenvalue weighted by atomic mass is 10.1. The van der Waals surface area contributed by atoms with Crippen molar-refractivity contribution in [3.05, 3.63) is 105 Å². The van der Waals surface area contributed by atoms with Gasteiger partial charge in [-0.05, 0) is 79.4 Å². The molecule has 0 saturated carbocycles. The van der Waals surface area contributed by atoms with E-state index in [2.05, 4.69) is 59.0 Å². The molecule has 1 atom stereocenters. The molecule has 0 saturated heterocycles. The van der Waals surface area contributed by atoms with Gasteiger partial charge in [0.2, 0.25) is 0 Å². The molecular weight excluding hydrogens is 436 g/mol. The molecule has 0 bridgehead atoms. The Kier molecular flexibility index (Phi) is 7.88. The van der Waals surface area contributed by atoms with Gasteiger partial charge in [0.25, 0.3) is 0 Å². The van der Waals surface area contributed by atoms with E-state index in [0.29, 0.717) is 5.56 Å². The number of hydrogen-bond donors (Lipinski definition) is 0. The van der Waals surface area contributed by atoms with Crippen LogP contribution in [0.15, 0.2) is 77.3 Å². The molecule has 0 radical (unpaired) electrons. The largest absolute Gasteiger partial charge is 0.454 e. The first kappa shape index (κ1) is 21.9. The Morgan fingerprint density at radius 1 is 0.967 bits per heavy atom. The second-order valence-corrected chi connectivity index (χ2v) is 8.15. The van der Waals surface area contributed by atoms with Crippen LogP contribution in [0.1, 0.15) is 65.4 Å². The molecule has 30 heavy (non-hydrogen) atoms. The molecule has 3 rings (SSSR count). The second kappa shape index (κ2) is 10.8. The van der Waals surface area contributed by atoms with Gasteiger partial charge in [-0.1, -0.05) is 65.4 Å². The highest BCUT2D eigenvalue weighted by Gasteiger charge is 2.13. The van der Waals surface area contributed by atoms with E-state index in [-0.39, 0.29) is 12.1 Å². The summed E-state index contributed by atoms with van der Waals surface area (Å²) >= 11 is 3.44. The molecule has 0 fully saturated rings. The first-order valence-corrected chi connectivity index (χ1v) is 11.0. The van der Waals surface area contributed by atoms with E-state index in [1.54, 1.807) is 12.1 Å². The van der Waals surface area contributed by atoms with Crippen molar-refractivity contribution >= 4 is 21.9 Å². The van der Waals surface area contributed by atoms with E-state index in [0.717, 1.165) is 27.6 Å². The summed E-state index contributed by atoms with van der Waals surface area (Å²) in [6.07, 6.45) is 3.20. The predicted octanol–water partition coefficient (Wildman–Crippen LogP) is 7.11. The second-order valence-electron chi connectivity index (χ2n) is 7.23. The zero-order valence-corrected chi connectivity index (χ0v) is 18.9. The first-order chi connectivity index (χ1) is 14.5. The number of esters is 1. The average molecular weight is 461 g/mol. The lowest BCUT2D eigenvalue weighted by molar-refractivity contribution is 0.0338. The van der Waals surface area contributed by atoms with Crippen LogP contribution >= 0.6 is 15.9 Å². The summed E-state index contributed by atoms with van der Waals surface area (Å²) in [5.41, 5.74) is 4.66. The molecule has 0 heterocycles. The Bertz CT molecular complexity index is 1040. The van der Waals surface area contributed by atoms with Crippen LogP contribution in [0.25, 0.3) is 0 Å². The van der Waals surface area contributed by atoms with Crippen LogP contribution in [-0.4, -0.2) is 5.97 Å². The van der Waals surface area contributed by atoms with Crippen LogP contribution in [0.4, 0.5) is 0 Å². The lowest BCUT2D eigenvalue weighted by Gasteiger charge is -2.14. The molecular formula is C27H25BrO2. The molecule has 152 valence electrons. The number of rotatable bonds is 6. The standard InChI is InChI=1S/C27H25BrO2/c1-3-4-6-21-9-11-22(12-10-21)13-14-23-15-17-24(18-16-23)27(29)30-20(2)25-7-5-8-26(28)19-25/h5,7-12,15-20H,3-4,6H2,1-2H3/t20-/m0/s1. The van der Waals surface area contributed by atoms with Crippen molar-refractivity contribution in [2.45, 2.75) is 39.2 Å². The van der Waals surface area contributed by atoms with Crippen LogP contribution in [0, 0.1) is 11.8 Å². The van der Waals surface area contributed by atoms with Crippen LogP contribution in [0.5, 0.6) is 0 Å². The summed E-state index contributed by atoms with van der Waals surface area (Å²) in [4.78, 5) is 12.4. The van der Waals surface area contributed by atoms with E-state index in [4.69, 9.17) is 4.74 Å². The van der Waals surface area contributed by atoms with Crippen molar-refractivity contribution in [1.82, 2.24) is 0 Å².